The number of nitrogens with zero attached hydrogens (tertiary/aromatic N) is 2. The molecular weight excluding hydrogens is 232 g/mol. The lowest BCUT2D eigenvalue weighted by atomic mass is 10.1. The summed E-state index contributed by atoms with van der Waals surface area (Å²) in [5, 5.41) is 7.64. The molecule has 0 radical (unpaired) electrons. The van der Waals surface area contributed by atoms with E-state index >= 15 is 0 Å². The van der Waals surface area contributed by atoms with Gasteiger partial charge in [-0.25, -0.2) is 0 Å². The molecular formula is C9H8N2S3. The summed E-state index contributed by atoms with van der Waals surface area (Å²) in [6, 6.07) is 1.97. The third kappa shape index (κ3) is 1.75. The fourth-order valence-electron chi connectivity index (χ4n) is 1.23. The Morgan fingerprint density at radius 2 is 2.21 bits per heavy atom. The Hall–Kier alpha value is -0.650. The molecule has 0 unspecified atom stereocenters. The van der Waals surface area contributed by atoms with E-state index in [1.165, 1.54) is 10.4 Å². The first kappa shape index (κ1) is 9.89. The second-order valence-corrected chi connectivity index (χ2v) is 5.56. The minimum atomic E-state index is 0.983. The Morgan fingerprint density at radius 3 is 2.86 bits per heavy atom. The zero-order chi connectivity index (χ0) is 9.97. The lowest BCUT2D eigenvalue weighted by Gasteiger charge is -1.98. The van der Waals surface area contributed by atoms with Crippen molar-refractivity contribution in [3.8, 4) is 10.4 Å². The average Bonchev–Trinajstić information content (AvgIpc) is 2.61. The monoisotopic (exact) mass is 240 g/mol. The first-order chi connectivity index (χ1) is 6.83. The summed E-state index contributed by atoms with van der Waals surface area (Å²) in [7, 11) is 3.38. The van der Waals surface area contributed by atoms with Gasteiger partial charge in [0, 0.05) is 5.56 Å². The normalized spacial score (nSPS) is 10.4. The molecule has 2 aromatic rings. The van der Waals surface area contributed by atoms with Crippen LogP contribution < -0.4 is 0 Å². The van der Waals surface area contributed by atoms with Crippen LogP contribution in [0.25, 0.3) is 10.4 Å². The van der Waals surface area contributed by atoms with E-state index in [0.29, 0.717) is 0 Å². The number of hydrogen-bond acceptors (Lipinski definition) is 5. The molecule has 0 aliphatic carbocycles. The SMILES string of the molecule is CCc1c(-c2ccnnc2)ssc1=S. The molecule has 0 saturated heterocycles. The first-order valence-corrected chi connectivity index (χ1v) is 6.77. The van der Waals surface area contributed by atoms with Gasteiger partial charge < -0.3 is 0 Å². The molecule has 2 heterocycles. The highest BCUT2D eigenvalue weighted by molar-refractivity contribution is 7.80. The van der Waals surface area contributed by atoms with Crippen molar-refractivity contribution >= 4 is 32.9 Å². The van der Waals surface area contributed by atoms with Gasteiger partial charge in [-0.15, -0.1) is 0 Å². The molecule has 2 nitrogen and oxygen atoms in total. The molecule has 0 saturated carbocycles. The Bertz CT molecular complexity index is 472. The molecule has 0 amide bonds. The van der Waals surface area contributed by atoms with Crippen molar-refractivity contribution in [2.75, 3.05) is 0 Å². The van der Waals surface area contributed by atoms with Crippen molar-refractivity contribution in [1.29, 1.82) is 0 Å². The highest BCUT2D eigenvalue weighted by Crippen LogP contribution is 2.34. The molecule has 14 heavy (non-hydrogen) atoms. The van der Waals surface area contributed by atoms with E-state index in [2.05, 4.69) is 17.1 Å². The second kappa shape index (κ2) is 4.25. The summed E-state index contributed by atoms with van der Waals surface area (Å²) in [5.41, 5.74) is 2.39. The van der Waals surface area contributed by atoms with Gasteiger partial charge in [0.25, 0.3) is 0 Å². The van der Waals surface area contributed by atoms with Crippen LogP contribution in [-0.4, -0.2) is 10.2 Å². The summed E-state index contributed by atoms with van der Waals surface area (Å²) in [6.07, 6.45) is 4.48. The third-order valence-corrected chi connectivity index (χ3v) is 5.11. The fraction of sp³-hybridized carbons (Fsp3) is 0.222. The summed E-state index contributed by atoms with van der Waals surface area (Å²) >= 11 is 5.26. The maximum atomic E-state index is 5.26. The summed E-state index contributed by atoms with van der Waals surface area (Å²) in [4.78, 5) is 1.25. The van der Waals surface area contributed by atoms with Crippen molar-refractivity contribution in [1.82, 2.24) is 10.2 Å². The zero-order valence-electron chi connectivity index (χ0n) is 7.56. The van der Waals surface area contributed by atoms with E-state index in [9.17, 15) is 0 Å². The van der Waals surface area contributed by atoms with E-state index in [0.717, 1.165) is 15.8 Å². The average molecular weight is 240 g/mol. The van der Waals surface area contributed by atoms with Crippen molar-refractivity contribution < 1.29 is 0 Å². The van der Waals surface area contributed by atoms with Crippen LogP contribution in [0.5, 0.6) is 0 Å². The largest absolute Gasteiger partial charge is 0.159 e. The molecule has 0 aliphatic rings. The van der Waals surface area contributed by atoms with Gasteiger partial charge in [0.1, 0.15) is 3.82 Å². The molecule has 0 aromatic carbocycles. The maximum Gasteiger partial charge on any atom is 0.105 e. The minimum absolute atomic E-state index is 0.983. The quantitative estimate of drug-likeness (QED) is 0.593. The molecule has 2 rings (SSSR count). The van der Waals surface area contributed by atoms with E-state index in [1.54, 1.807) is 33.1 Å². The number of hydrogen-bond donors (Lipinski definition) is 0. The van der Waals surface area contributed by atoms with Crippen molar-refractivity contribution in [2.24, 2.45) is 0 Å². The summed E-state index contributed by atoms with van der Waals surface area (Å²) in [6.45, 7) is 2.13. The standard InChI is InChI=1S/C9H8N2S3/c1-2-7-8(13-14-9(7)12)6-3-4-10-11-5-6/h3-5H,2H2,1H3. The fourth-order valence-corrected chi connectivity index (χ4v) is 4.35. The molecule has 72 valence electrons. The van der Waals surface area contributed by atoms with Crippen LogP contribution in [0.1, 0.15) is 12.5 Å². The molecule has 0 N–H and O–H groups in total. The molecule has 0 spiro atoms. The minimum Gasteiger partial charge on any atom is -0.159 e. The smallest absolute Gasteiger partial charge is 0.105 e. The molecule has 0 aliphatic heterocycles. The van der Waals surface area contributed by atoms with Crippen LogP contribution in [0.2, 0.25) is 0 Å². The zero-order valence-corrected chi connectivity index (χ0v) is 10.0. The Balaban J connectivity index is 2.57. The Labute approximate surface area is 94.7 Å². The lowest BCUT2D eigenvalue weighted by Crippen LogP contribution is -1.84. The molecule has 0 atom stereocenters. The number of aromatic nitrogens is 2. The van der Waals surface area contributed by atoms with E-state index in [4.69, 9.17) is 12.2 Å². The lowest BCUT2D eigenvalue weighted by molar-refractivity contribution is 1.03. The Morgan fingerprint density at radius 1 is 1.36 bits per heavy atom. The topological polar surface area (TPSA) is 25.8 Å². The summed E-state index contributed by atoms with van der Waals surface area (Å²) in [5.74, 6) is 0. The van der Waals surface area contributed by atoms with Gasteiger partial charge in [0.05, 0.1) is 17.3 Å². The predicted octanol–water partition coefficient (Wildman–Crippen LogP) is 3.56. The van der Waals surface area contributed by atoms with Gasteiger partial charge in [-0.1, -0.05) is 39.8 Å². The molecule has 5 heteroatoms. The highest BCUT2D eigenvalue weighted by atomic mass is 32.9. The van der Waals surface area contributed by atoms with Gasteiger partial charge in [-0.2, -0.15) is 10.2 Å². The van der Waals surface area contributed by atoms with Crippen molar-refractivity contribution in [3.63, 3.8) is 0 Å². The highest BCUT2D eigenvalue weighted by Gasteiger charge is 2.08. The molecule has 2 aromatic heterocycles. The Kier molecular flexibility index (Phi) is 3.00. The van der Waals surface area contributed by atoms with Crippen LogP contribution in [0, 0.1) is 3.82 Å². The van der Waals surface area contributed by atoms with Crippen LogP contribution in [-0.2, 0) is 6.42 Å². The summed E-state index contributed by atoms with van der Waals surface area (Å²) < 4.78 is 1.00. The molecule has 0 fully saturated rings. The van der Waals surface area contributed by atoms with Crippen LogP contribution in [0.4, 0.5) is 0 Å². The maximum absolute atomic E-state index is 5.26. The van der Waals surface area contributed by atoms with Crippen molar-refractivity contribution in [3.05, 3.63) is 27.8 Å². The number of rotatable bonds is 2. The first-order valence-electron chi connectivity index (χ1n) is 4.22. The van der Waals surface area contributed by atoms with Crippen molar-refractivity contribution in [2.45, 2.75) is 13.3 Å². The molecule has 0 bridgehead atoms. The van der Waals surface area contributed by atoms with E-state index in [1.807, 2.05) is 6.07 Å². The van der Waals surface area contributed by atoms with E-state index < -0.39 is 0 Å². The van der Waals surface area contributed by atoms with Crippen LogP contribution in [0.3, 0.4) is 0 Å². The van der Waals surface area contributed by atoms with Gasteiger partial charge in [0.2, 0.25) is 0 Å². The van der Waals surface area contributed by atoms with Crippen LogP contribution >= 0.6 is 32.9 Å². The van der Waals surface area contributed by atoms with Gasteiger partial charge in [-0.3, -0.25) is 0 Å². The van der Waals surface area contributed by atoms with Crippen LogP contribution in [0.15, 0.2) is 18.5 Å². The third-order valence-electron chi connectivity index (χ3n) is 1.92. The second-order valence-electron chi connectivity index (χ2n) is 2.75. The van der Waals surface area contributed by atoms with Gasteiger partial charge >= 0.3 is 0 Å². The van der Waals surface area contributed by atoms with E-state index in [-0.39, 0.29) is 0 Å². The predicted molar refractivity (Wildman–Crippen MR) is 63.4 cm³/mol. The van der Waals surface area contributed by atoms with Gasteiger partial charge in [0.15, 0.2) is 0 Å². The van der Waals surface area contributed by atoms with Gasteiger partial charge in [-0.05, 0) is 18.1 Å².